The van der Waals surface area contributed by atoms with Gasteiger partial charge in [-0.3, -0.25) is 14.3 Å². The maximum Gasteiger partial charge on any atom is 0.307 e. The van der Waals surface area contributed by atoms with Crippen LogP contribution in [0.25, 0.3) is 0 Å². The molecule has 1 amide bonds. The first-order chi connectivity index (χ1) is 13.3. The first-order valence-electron chi connectivity index (χ1n) is 8.87. The quantitative estimate of drug-likeness (QED) is 0.541. The summed E-state index contributed by atoms with van der Waals surface area (Å²) in [6, 6.07) is 5.75. The van der Waals surface area contributed by atoms with Crippen molar-refractivity contribution >= 4 is 17.6 Å². The fraction of sp³-hybridized carbons (Fsp3) is 0.227. The lowest BCUT2D eigenvalue weighted by Crippen LogP contribution is -2.14. The fourth-order valence-electron chi connectivity index (χ4n) is 2.99. The zero-order valence-electron chi connectivity index (χ0n) is 16.5. The highest BCUT2D eigenvalue weighted by atomic mass is 16.4. The number of aryl methyl sites for hydroxylation is 2. The molecule has 2 aromatic rings. The van der Waals surface area contributed by atoms with Gasteiger partial charge in [0.25, 0.3) is 5.91 Å². The van der Waals surface area contributed by atoms with Crippen LogP contribution in [0.2, 0.25) is 0 Å². The molecule has 0 radical (unpaired) electrons. The molecule has 1 heterocycles. The van der Waals surface area contributed by atoms with Crippen molar-refractivity contribution in [2.75, 3.05) is 5.32 Å². The van der Waals surface area contributed by atoms with Gasteiger partial charge < -0.3 is 10.4 Å². The summed E-state index contributed by atoms with van der Waals surface area (Å²) in [6.07, 6.45) is 4.59. The summed E-state index contributed by atoms with van der Waals surface area (Å²) >= 11 is 0. The number of anilines is 1. The van der Waals surface area contributed by atoms with Crippen LogP contribution < -0.4 is 5.32 Å². The Labute approximate surface area is 164 Å². The Bertz CT molecular complexity index is 968. The topological polar surface area (TPSA) is 84.2 Å². The van der Waals surface area contributed by atoms with Crippen LogP contribution in [0.15, 0.2) is 55.2 Å². The molecule has 6 nitrogen and oxygen atoms in total. The minimum atomic E-state index is -0.869. The molecule has 6 heteroatoms. The number of carbonyl (C=O) groups is 2. The molecule has 0 aliphatic heterocycles. The molecule has 0 saturated carbocycles. The summed E-state index contributed by atoms with van der Waals surface area (Å²) in [5, 5.41) is 16.4. The number of carboxylic acid groups (broad SMARTS) is 1. The molecule has 0 aliphatic rings. The summed E-state index contributed by atoms with van der Waals surface area (Å²) in [7, 11) is 0. The predicted molar refractivity (Wildman–Crippen MR) is 110 cm³/mol. The molecule has 1 aromatic carbocycles. The number of aromatic nitrogens is 2. The predicted octanol–water partition coefficient (Wildman–Crippen LogP) is 3.72. The van der Waals surface area contributed by atoms with Gasteiger partial charge >= 0.3 is 5.97 Å². The third-order valence-electron chi connectivity index (χ3n) is 4.51. The van der Waals surface area contributed by atoms with Gasteiger partial charge in [0.05, 0.1) is 18.7 Å². The molecule has 0 atom stereocenters. The molecule has 0 fully saturated rings. The van der Waals surface area contributed by atoms with E-state index in [0.717, 1.165) is 28.1 Å². The van der Waals surface area contributed by atoms with Gasteiger partial charge in [0.15, 0.2) is 0 Å². The van der Waals surface area contributed by atoms with Crippen LogP contribution in [0.3, 0.4) is 0 Å². The van der Waals surface area contributed by atoms with Crippen molar-refractivity contribution in [2.45, 2.75) is 33.7 Å². The van der Waals surface area contributed by atoms with Crippen molar-refractivity contribution in [1.82, 2.24) is 9.78 Å². The van der Waals surface area contributed by atoms with Crippen LogP contribution in [0.1, 0.15) is 28.1 Å². The van der Waals surface area contributed by atoms with E-state index < -0.39 is 5.97 Å². The number of carboxylic acids is 1. The maximum absolute atomic E-state index is 12.3. The Hall–Kier alpha value is -3.41. The Morgan fingerprint density at radius 2 is 1.96 bits per heavy atom. The van der Waals surface area contributed by atoms with E-state index in [2.05, 4.69) is 23.6 Å². The molecule has 1 aromatic heterocycles. The van der Waals surface area contributed by atoms with Gasteiger partial charge in [0, 0.05) is 22.5 Å². The average molecular weight is 379 g/mol. The van der Waals surface area contributed by atoms with Crippen molar-refractivity contribution in [3.05, 3.63) is 83.2 Å². The third kappa shape index (κ3) is 4.85. The number of aliphatic carboxylic acids is 1. The SMILES string of the molecule is C=C/C=C(\C=C)C(=O)Nc1ccc(Cn2nc(C)c(CC(=O)O)c2C)cc1C. The second-order valence-corrected chi connectivity index (χ2v) is 6.54. The summed E-state index contributed by atoms with van der Waals surface area (Å²) in [6.45, 7) is 13.4. The number of rotatable bonds is 8. The van der Waals surface area contributed by atoms with Crippen molar-refractivity contribution in [3.8, 4) is 0 Å². The van der Waals surface area contributed by atoms with Crippen molar-refractivity contribution in [3.63, 3.8) is 0 Å². The Morgan fingerprint density at radius 1 is 1.25 bits per heavy atom. The van der Waals surface area contributed by atoms with Crippen LogP contribution in [-0.2, 0) is 22.6 Å². The average Bonchev–Trinajstić information content (AvgIpc) is 2.88. The minimum Gasteiger partial charge on any atom is -0.481 e. The number of benzene rings is 1. The molecule has 2 N–H and O–H groups in total. The molecule has 28 heavy (non-hydrogen) atoms. The highest BCUT2D eigenvalue weighted by Crippen LogP contribution is 2.20. The zero-order valence-corrected chi connectivity index (χ0v) is 16.5. The van der Waals surface area contributed by atoms with Gasteiger partial charge in [-0.05, 0) is 38.0 Å². The highest BCUT2D eigenvalue weighted by Gasteiger charge is 2.15. The first-order valence-corrected chi connectivity index (χ1v) is 8.87. The molecule has 0 bridgehead atoms. The lowest BCUT2D eigenvalue weighted by molar-refractivity contribution is -0.136. The smallest absolute Gasteiger partial charge is 0.307 e. The molecular formula is C22H25N3O3. The molecule has 2 rings (SSSR count). The first kappa shape index (κ1) is 20.9. The summed E-state index contributed by atoms with van der Waals surface area (Å²) in [5.74, 6) is -1.12. The number of hydrogen-bond acceptors (Lipinski definition) is 3. The Kier molecular flexibility index (Phi) is 6.71. The second kappa shape index (κ2) is 8.99. The normalized spacial score (nSPS) is 11.2. The standard InChI is InChI=1S/C22H25N3O3/c1-6-8-18(7-2)22(28)23-20-10-9-17(11-14(20)3)13-25-16(5)19(12-21(26)27)15(4)24-25/h6-11H,1-2,12-13H2,3-5H3,(H,23,28)(H,26,27)/b18-8+. The number of nitrogens with zero attached hydrogens (tertiary/aromatic N) is 2. The third-order valence-corrected chi connectivity index (χ3v) is 4.51. The fourth-order valence-corrected chi connectivity index (χ4v) is 2.99. The van der Waals surface area contributed by atoms with Gasteiger partial charge in [-0.15, -0.1) is 0 Å². The second-order valence-electron chi connectivity index (χ2n) is 6.54. The van der Waals surface area contributed by atoms with Crippen LogP contribution >= 0.6 is 0 Å². The minimum absolute atomic E-state index is 0.0362. The van der Waals surface area contributed by atoms with E-state index in [-0.39, 0.29) is 12.3 Å². The number of nitrogens with one attached hydrogen (secondary N) is 1. The van der Waals surface area contributed by atoms with Crippen molar-refractivity contribution < 1.29 is 14.7 Å². The zero-order chi connectivity index (χ0) is 20.8. The molecule has 0 saturated heterocycles. The lowest BCUT2D eigenvalue weighted by atomic mass is 10.1. The molecule has 146 valence electrons. The van der Waals surface area contributed by atoms with E-state index in [1.165, 1.54) is 6.08 Å². The highest BCUT2D eigenvalue weighted by molar-refractivity contribution is 6.06. The van der Waals surface area contributed by atoms with E-state index >= 15 is 0 Å². The summed E-state index contributed by atoms with van der Waals surface area (Å²) < 4.78 is 1.81. The van der Waals surface area contributed by atoms with Gasteiger partial charge in [0.1, 0.15) is 0 Å². The van der Waals surface area contributed by atoms with Crippen LogP contribution in [0, 0.1) is 20.8 Å². The van der Waals surface area contributed by atoms with E-state index in [4.69, 9.17) is 5.11 Å². The van der Waals surface area contributed by atoms with Crippen molar-refractivity contribution in [1.29, 1.82) is 0 Å². The Morgan fingerprint density at radius 3 is 2.54 bits per heavy atom. The van der Waals surface area contributed by atoms with E-state index in [9.17, 15) is 9.59 Å². The molecular weight excluding hydrogens is 354 g/mol. The number of hydrogen-bond donors (Lipinski definition) is 2. The van der Waals surface area contributed by atoms with E-state index in [0.29, 0.717) is 17.8 Å². The van der Waals surface area contributed by atoms with Gasteiger partial charge in [-0.2, -0.15) is 5.10 Å². The largest absolute Gasteiger partial charge is 0.481 e. The molecule has 0 unspecified atom stereocenters. The van der Waals surface area contributed by atoms with E-state index in [1.807, 2.05) is 43.7 Å². The van der Waals surface area contributed by atoms with Gasteiger partial charge in [0.2, 0.25) is 0 Å². The number of carbonyl (C=O) groups excluding carboxylic acids is 1. The molecule has 0 aliphatic carbocycles. The Balaban J connectivity index is 2.20. The van der Waals surface area contributed by atoms with Crippen LogP contribution in [0.5, 0.6) is 0 Å². The summed E-state index contributed by atoms with van der Waals surface area (Å²) in [4.78, 5) is 23.3. The lowest BCUT2D eigenvalue weighted by Gasteiger charge is -2.12. The molecule has 0 spiro atoms. The maximum atomic E-state index is 12.3. The number of amides is 1. The van der Waals surface area contributed by atoms with Gasteiger partial charge in [-0.25, -0.2) is 0 Å². The van der Waals surface area contributed by atoms with Crippen LogP contribution in [-0.4, -0.2) is 26.8 Å². The van der Waals surface area contributed by atoms with Crippen LogP contribution in [0.4, 0.5) is 5.69 Å². The van der Waals surface area contributed by atoms with Gasteiger partial charge in [-0.1, -0.05) is 43.5 Å². The van der Waals surface area contributed by atoms with Crippen molar-refractivity contribution in [2.24, 2.45) is 0 Å². The number of allylic oxidation sites excluding steroid dienone is 2. The monoisotopic (exact) mass is 379 g/mol. The summed E-state index contributed by atoms with van der Waals surface area (Å²) in [5.41, 5.74) is 5.40. The van der Waals surface area contributed by atoms with E-state index in [1.54, 1.807) is 12.2 Å².